The maximum absolute atomic E-state index is 11.1. The second-order valence-electron chi connectivity index (χ2n) is 5.48. The van der Waals surface area contributed by atoms with Crippen LogP contribution in [0.1, 0.15) is 46.0 Å². The van der Waals surface area contributed by atoms with E-state index in [1.54, 1.807) is 6.07 Å². The standard InChI is InChI=1S/C15H24N4O2/c1-3-9-16-14-10-13(19(20)21)11-15(17-14)18(4-2)12-7-5-6-8-12/h10-12H,3-9H2,1-2H3,(H,16,17). The largest absolute Gasteiger partial charge is 0.370 e. The molecule has 1 aliphatic rings. The van der Waals surface area contributed by atoms with E-state index in [1.165, 1.54) is 18.9 Å². The van der Waals surface area contributed by atoms with E-state index in [2.05, 4.69) is 29.0 Å². The number of nitro groups is 1. The molecule has 0 saturated heterocycles. The highest BCUT2D eigenvalue weighted by Crippen LogP contribution is 2.30. The minimum Gasteiger partial charge on any atom is -0.370 e. The van der Waals surface area contributed by atoms with Gasteiger partial charge in [-0.25, -0.2) is 4.98 Å². The van der Waals surface area contributed by atoms with Gasteiger partial charge in [-0.05, 0) is 26.2 Å². The second kappa shape index (κ2) is 7.24. The first-order valence-corrected chi connectivity index (χ1v) is 7.82. The van der Waals surface area contributed by atoms with E-state index in [4.69, 9.17) is 0 Å². The molecule has 1 aromatic rings. The van der Waals surface area contributed by atoms with Crippen LogP contribution in [-0.2, 0) is 0 Å². The molecule has 1 fully saturated rings. The van der Waals surface area contributed by atoms with Crippen molar-refractivity contribution in [3.05, 3.63) is 22.2 Å². The van der Waals surface area contributed by atoms with Gasteiger partial charge in [-0.15, -0.1) is 0 Å². The van der Waals surface area contributed by atoms with Gasteiger partial charge in [0.05, 0.1) is 17.1 Å². The number of nitrogens with zero attached hydrogens (tertiary/aromatic N) is 3. The lowest BCUT2D eigenvalue weighted by Crippen LogP contribution is -2.33. The monoisotopic (exact) mass is 292 g/mol. The summed E-state index contributed by atoms with van der Waals surface area (Å²) in [5, 5.41) is 14.3. The van der Waals surface area contributed by atoms with Gasteiger partial charge in [0.15, 0.2) is 0 Å². The van der Waals surface area contributed by atoms with E-state index in [9.17, 15) is 10.1 Å². The highest BCUT2D eigenvalue weighted by Gasteiger charge is 2.24. The molecule has 0 aliphatic heterocycles. The highest BCUT2D eigenvalue weighted by atomic mass is 16.6. The Balaban J connectivity index is 2.30. The van der Waals surface area contributed by atoms with Gasteiger partial charge in [-0.1, -0.05) is 19.8 Å². The summed E-state index contributed by atoms with van der Waals surface area (Å²) < 4.78 is 0. The Hall–Kier alpha value is -1.85. The molecule has 6 heteroatoms. The fourth-order valence-electron chi connectivity index (χ4n) is 2.92. The number of nitrogens with one attached hydrogen (secondary N) is 1. The first-order chi connectivity index (χ1) is 10.2. The molecular formula is C15H24N4O2. The number of hydrogen-bond donors (Lipinski definition) is 1. The van der Waals surface area contributed by atoms with Crippen molar-refractivity contribution in [1.82, 2.24) is 4.98 Å². The molecule has 21 heavy (non-hydrogen) atoms. The van der Waals surface area contributed by atoms with Crippen LogP contribution in [0.25, 0.3) is 0 Å². The molecule has 0 amide bonds. The predicted molar refractivity (Wildman–Crippen MR) is 84.9 cm³/mol. The van der Waals surface area contributed by atoms with Gasteiger partial charge in [-0.3, -0.25) is 10.1 Å². The summed E-state index contributed by atoms with van der Waals surface area (Å²) in [6, 6.07) is 3.57. The number of aromatic nitrogens is 1. The Morgan fingerprint density at radius 1 is 1.38 bits per heavy atom. The third-order valence-corrected chi connectivity index (χ3v) is 3.96. The summed E-state index contributed by atoms with van der Waals surface area (Å²) in [4.78, 5) is 17.6. The van der Waals surface area contributed by atoms with Crippen LogP contribution in [0.3, 0.4) is 0 Å². The van der Waals surface area contributed by atoms with Gasteiger partial charge in [0.25, 0.3) is 5.69 Å². The molecule has 1 aromatic heterocycles. The van der Waals surface area contributed by atoms with Crippen LogP contribution in [0.15, 0.2) is 12.1 Å². The minimum atomic E-state index is -0.342. The average Bonchev–Trinajstić information content (AvgIpc) is 2.99. The van der Waals surface area contributed by atoms with E-state index in [-0.39, 0.29) is 10.6 Å². The quantitative estimate of drug-likeness (QED) is 0.614. The Morgan fingerprint density at radius 2 is 2.10 bits per heavy atom. The molecule has 0 radical (unpaired) electrons. The van der Waals surface area contributed by atoms with Crippen LogP contribution in [0, 0.1) is 10.1 Å². The van der Waals surface area contributed by atoms with E-state index in [1.807, 2.05) is 0 Å². The summed E-state index contributed by atoms with van der Waals surface area (Å²) >= 11 is 0. The SMILES string of the molecule is CCCNc1cc([N+](=O)[O-])cc(N(CC)C2CCCC2)n1. The van der Waals surface area contributed by atoms with Crippen LogP contribution in [-0.4, -0.2) is 29.0 Å². The van der Waals surface area contributed by atoms with Gasteiger partial charge in [0.1, 0.15) is 11.6 Å². The molecule has 1 aliphatic carbocycles. The molecule has 0 atom stereocenters. The fraction of sp³-hybridized carbons (Fsp3) is 0.667. The second-order valence-corrected chi connectivity index (χ2v) is 5.48. The molecule has 1 heterocycles. The summed E-state index contributed by atoms with van der Waals surface area (Å²) in [5.74, 6) is 1.31. The van der Waals surface area contributed by atoms with Crippen molar-refractivity contribution in [2.24, 2.45) is 0 Å². The lowest BCUT2D eigenvalue weighted by molar-refractivity contribution is -0.384. The number of anilines is 2. The lowest BCUT2D eigenvalue weighted by Gasteiger charge is -2.29. The molecule has 0 spiro atoms. The molecule has 6 nitrogen and oxygen atoms in total. The zero-order valence-electron chi connectivity index (χ0n) is 12.8. The van der Waals surface area contributed by atoms with Crippen molar-refractivity contribution < 1.29 is 4.92 Å². The van der Waals surface area contributed by atoms with Crippen molar-refractivity contribution in [2.75, 3.05) is 23.3 Å². The normalized spacial score (nSPS) is 15.1. The van der Waals surface area contributed by atoms with Crippen LogP contribution < -0.4 is 10.2 Å². The van der Waals surface area contributed by atoms with Crippen LogP contribution in [0.2, 0.25) is 0 Å². The fourth-order valence-corrected chi connectivity index (χ4v) is 2.92. The average molecular weight is 292 g/mol. The van der Waals surface area contributed by atoms with Crippen molar-refractivity contribution in [3.8, 4) is 0 Å². The van der Waals surface area contributed by atoms with Gasteiger partial charge >= 0.3 is 0 Å². The lowest BCUT2D eigenvalue weighted by atomic mass is 10.2. The molecule has 1 N–H and O–H groups in total. The molecular weight excluding hydrogens is 268 g/mol. The maximum Gasteiger partial charge on any atom is 0.276 e. The summed E-state index contributed by atoms with van der Waals surface area (Å²) in [5.41, 5.74) is 0.107. The van der Waals surface area contributed by atoms with E-state index >= 15 is 0 Å². The summed E-state index contributed by atoms with van der Waals surface area (Å²) in [6.45, 7) is 5.73. The van der Waals surface area contributed by atoms with E-state index in [0.29, 0.717) is 11.9 Å². The zero-order valence-corrected chi connectivity index (χ0v) is 12.8. The molecule has 116 valence electrons. The summed E-state index contributed by atoms with van der Waals surface area (Å²) in [7, 11) is 0. The number of rotatable bonds is 7. The van der Waals surface area contributed by atoms with Crippen LogP contribution in [0.4, 0.5) is 17.3 Å². The predicted octanol–water partition coefficient (Wildman–Crippen LogP) is 3.58. The van der Waals surface area contributed by atoms with Crippen molar-refractivity contribution in [3.63, 3.8) is 0 Å². The smallest absolute Gasteiger partial charge is 0.276 e. The van der Waals surface area contributed by atoms with Crippen molar-refractivity contribution >= 4 is 17.3 Å². The number of hydrogen-bond acceptors (Lipinski definition) is 5. The molecule has 0 aromatic carbocycles. The molecule has 0 unspecified atom stereocenters. The van der Waals surface area contributed by atoms with E-state index < -0.39 is 0 Å². The maximum atomic E-state index is 11.1. The van der Waals surface area contributed by atoms with Crippen molar-refractivity contribution in [2.45, 2.75) is 52.0 Å². The molecule has 0 bridgehead atoms. The Morgan fingerprint density at radius 3 is 2.67 bits per heavy atom. The first kappa shape index (κ1) is 15.5. The van der Waals surface area contributed by atoms with Crippen molar-refractivity contribution in [1.29, 1.82) is 0 Å². The third kappa shape index (κ3) is 3.83. The first-order valence-electron chi connectivity index (χ1n) is 7.82. The third-order valence-electron chi connectivity index (χ3n) is 3.96. The van der Waals surface area contributed by atoms with E-state index in [0.717, 1.165) is 38.2 Å². The Labute approximate surface area is 125 Å². The zero-order chi connectivity index (χ0) is 15.2. The van der Waals surface area contributed by atoms with Gasteiger partial charge in [0.2, 0.25) is 0 Å². The van der Waals surface area contributed by atoms with Crippen LogP contribution >= 0.6 is 0 Å². The highest BCUT2D eigenvalue weighted by molar-refractivity contribution is 5.56. The topological polar surface area (TPSA) is 71.3 Å². The van der Waals surface area contributed by atoms with Gasteiger partial charge in [0, 0.05) is 19.1 Å². The van der Waals surface area contributed by atoms with Gasteiger partial charge < -0.3 is 10.2 Å². The minimum absolute atomic E-state index is 0.107. The Kier molecular flexibility index (Phi) is 5.36. The molecule has 2 rings (SSSR count). The summed E-state index contributed by atoms with van der Waals surface area (Å²) in [6.07, 6.45) is 5.72. The number of pyridine rings is 1. The molecule has 1 saturated carbocycles. The van der Waals surface area contributed by atoms with Gasteiger partial charge in [-0.2, -0.15) is 0 Å². The Bertz CT molecular complexity index is 487. The van der Waals surface area contributed by atoms with Crippen LogP contribution in [0.5, 0.6) is 0 Å².